The van der Waals surface area contributed by atoms with E-state index in [1.165, 1.54) is 0 Å². The Morgan fingerprint density at radius 2 is 2.15 bits per heavy atom. The molecule has 2 heterocycles. The fourth-order valence-electron chi connectivity index (χ4n) is 2.14. The number of benzene rings is 1. The van der Waals surface area contributed by atoms with Gasteiger partial charge in [-0.3, -0.25) is 0 Å². The largest absolute Gasteiger partial charge is 0.497 e. The molecule has 0 aliphatic rings. The minimum atomic E-state index is 0.575. The van der Waals surface area contributed by atoms with E-state index in [-0.39, 0.29) is 0 Å². The molecule has 0 saturated heterocycles. The monoisotopic (exact) mass is 281 g/mol. The highest BCUT2D eigenvalue weighted by Crippen LogP contribution is 2.27. The van der Waals surface area contributed by atoms with Crippen LogP contribution in [-0.2, 0) is 0 Å². The number of nitrogens with two attached hydrogens (primary N) is 1. The predicted molar refractivity (Wildman–Crippen MR) is 84.2 cm³/mol. The second-order valence-corrected chi connectivity index (χ2v) is 4.94. The SMILES string of the molecule is [B]c1cc(OC)cc(S)c1-c1cn2ccc(N)cc2n1. The Hall–Kier alpha value is -2.08. The molecule has 1 aromatic carbocycles. The number of nitrogens with zero attached hydrogens (tertiary/aromatic N) is 2. The number of hydrogen-bond donors (Lipinski definition) is 2. The van der Waals surface area contributed by atoms with Gasteiger partial charge in [0.2, 0.25) is 0 Å². The van der Waals surface area contributed by atoms with Gasteiger partial charge in [-0.05, 0) is 18.2 Å². The number of rotatable bonds is 2. The van der Waals surface area contributed by atoms with Crippen LogP contribution < -0.4 is 15.9 Å². The summed E-state index contributed by atoms with van der Waals surface area (Å²) in [5.74, 6) is 0.671. The average Bonchev–Trinajstić information content (AvgIpc) is 2.80. The zero-order valence-electron chi connectivity index (χ0n) is 10.9. The van der Waals surface area contributed by atoms with Crippen LogP contribution >= 0.6 is 12.6 Å². The first kappa shape index (κ1) is 12.9. The van der Waals surface area contributed by atoms with Gasteiger partial charge >= 0.3 is 0 Å². The van der Waals surface area contributed by atoms with Crippen molar-refractivity contribution in [3.63, 3.8) is 0 Å². The molecule has 0 aliphatic heterocycles. The summed E-state index contributed by atoms with van der Waals surface area (Å²) in [4.78, 5) is 5.25. The van der Waals surface area contributed by atoms with Gasteiger partial charge in [-0.1, -0.05) is 5.46 Å². The van der Waals surface area contributed by atoms with E-state index in [0.29, 0.717) is 16.9 Å². The zero-order valence-corrected chi connectivity index (χ0v) is 11.8. The molecule has 0 spiro atoms. The van der Waals surface area contributed by atoms with E-state index in [2.05, 4.69) is 17.6 Å². The summed E-state index contributed by atoms with van der Waals surface area (Å²) < 4.78 is 7.06. The van der Waals surface area contributed by atoms with Crippen molar-refractivity contribution in [1.29, 1.82) is 0 Å². The molecule has 3 aromatic rings. The Labute approximate surface area is 123 Å². The van der Waals surface area contributed by atoms with Crippen LogP contribution in [-0.4, -0.2) is 24.3 Å². The predicted octanol–water partition coefficient (Wildman–Crippen LogP) is 1.67. The quantitative estimate of drug-likeness (QED) is 0.555. The molecule has 0 aliphatic carbocycles. The molecule has 3 rings (SSSR count). The molecule has 0 atom stereocenters. The van der Waals surface area contributed by atoms with E-state index in [4.69, 9.17) is 18.3 Å². The maximum absolute atomic E-state index is 6.08. The molecule has 0 unspecified atom stereocenters. The molecule has 6 heteroatoms. The van der Waals surface area contributed by atoms with Crippen molar-refractivity contribution in [3.05, 3.63) is 36.7 Å². The van der Waals surface area contributed by atoms with Gasteiger partial charge in [0.05, 0.1) is 12.8 Å². The van der Waals surface area contributed by atoms with E-state index in [9.17, 15) is 0 Å². The lowest BCUT2D eigenvalue weighted by Crippen LogP contribution is -2.08. The van der Waals surface area contributed by atoms with Crippen LogP contribution in [0.1, 0.15) is 0 Å². The van der Waals surface area contributed by atoms with Crippen LogP contribution in [0.5, 0.6) is 5.75 Å². The number of fused-ring (bicyclic) bond motifs is 1. The highest BCUT2D eigenvalue weighted by molar-refractivity contribution is 7.80. The Balaban J connectivity index is 2.20. The van der Waals surface area contributed by atoms with Crippen LogP contribution in [0.15, 0.2) is 41.6 Å². The summed E-state index contributed by atoms with van der Waals surface area (Å²) in [6.45, 7) is 0. The van der Waals surface area contributed by atoms with Crippen molar-refractivity contribution < 1.29 is 4.74 Å². The van der Waals surface area contributed by atoms with Gasteiger partial charge < -0.3 is 14.9 Å². The summed E-state index contributed by atoms with van der Waals surface area (Å²) >= 11 is 4.47. The van der Waals surface area contributed by atoms with Gasteiger partial charge in [-0.2, -0.15) is 0 Å². The number of pyridine rings is 1. The Bertz CT molecular complexity index is 777. The molecular formula is C14H12BN3OS. The molecule has 98 valence electrons. The number of imidazole rings is 1. The molecule has 0 amide bonds. The first-order valence-corrected chi connectivity index (χ1v) is 6.44. The normalized spacial score (nSPS) is 10.9. The number of anilines is 1. The van der Waals surface area contributed by atoms with Gasteiger partial charge in [0.15, 0.2) is 0 Å². The first-order chi connectivity index (χ1) is 9.58. The number of methoxy groups -OCH3 is 1. The second-order valence-electron chi connectivity index (χ2n) is 4.46. The highest BCUT2D eigenvalue weighted by atomic mass is 32.1. The number of ether oxygens (including phenoxy) is 1. The second kappa shape index (κ2) is 4.79. The maximum atomic E-state index is 6.08. The average molecular weight is 281 g/mol. The summed E-state index contributed by atoms with van der Waals surface area (Å²) in [5.41, 5.74) is 9.31. The molecule has 4 nitrogen and oxygen atoms in total. The van der Waals surface area contributed by atoms with Crippen molar-refractivity contribution >= 4 is 37.3 Å². The smallest absolute Gasteiger partial charge is 0.139 e. The van der Waals surface area contributed by atoms with E-state index in [1.54, 1.807) is 19.2 Å². The third kappa shape index (κ3) is 2.12. The minimum Gasteiger partial charge on any atom is -0.497 e. The van der Waals surface area contributed by atoms with Gasteiger partial charge in [0.25, 0.3) is 0 Å². The summed E-state index contributed by atoms with van der Waals surface area (Å²) in [6.07, 6.45) is 3.76. The first-order valence-electron chi connectivity index (χ1n) is 5.99. The van der Waals surface area contributed by atoms with Gasteiger partial charge in [-0.15, -0.1) is 12.6 Å². The van der Waals surface area contributed by atoms with Crippen LogP contribution in [0, 0.1) is 0 Å². The van der Waals surface area contributed by atoms with E-state index >= 15 is 0 Å². The molecule has 0 fully saturated rings. The van der Waals surface area contributed by atoms with Crippen molar-refractivity contribution in [1.82, 2.24) is 9.38 Å². The fraction of sp³-hybridized carbons (Fsp3) is 0.0714. The molecule has 0 bridgehead atoms. The lowest BCUT2D eigenvalue weighted by Gasteiger charge is -2.09. The van der Waals surface area contributed by atoms with E-state index < -0.39 is 0 Å². The molecule has 20 heavy (non-hydrogen) atoms. The van der Waals surface area contributed by atoms with Crippen LogP contribution in [0.3, 0.4) is 0 Å². The maximum Gasteiger partial charge on any atom is 0.139 e. The molecule has 2 radical (unpaired) electrons. The zero-order chi connectivity index (χ0) is 14.3. The van der Waals surface area contributed by atoms with Crippen LogP contribution in [0.25, 0.3) is 16.9 Å². The fourth-order valence-corrected chi connectivity index (χ4v) is 2.51. The molecular weight excluding hydrogens is 269 g/mol. The summed E-state index contributed by atoms with van der Waals surface area (Å²) in [7, 11) is 7.67. The number of nitrogen functional groups attached to an aromatic ring is 1. The highest BCUT2D eigenvalue weighted by Gasteiger charge is 2.12. The molecule has 0 saturated carbocycles. The van der Waals surface area contributed by atoms with Crippen LogP contribution in [0.4, 0.5) is 5.69 Å². The van der Waals surface area contributed by atoms with E-state index in [0.717, 1.165) is 21.8 Å². The topological polar surface area (TPSA) is 52.5 Å². The van der Waals surface area contributed by atoms with Crippen molar-refractivity contribution in [3.8, 4) is 17.0 Å². The van der Waals surface area contributed by atoms with Gasteiger partial charge in [-0.25, -0.2) is 4.98 Å². The Kier molecular flexibility index (Phi) is 3.10. The lowest BCUT2D eigenvalue weighted by atomic mass is 9.89. The van der Waals surface area contributed by atoms with Crippen molar-refractivity contribution in [2.75, 3.05) is 12.8 Å². The van der Waals surface area contributed by atoms with Crippen LogP contribution in [0.2, 0.25) is 0 Å². The van der Waals surface area contributed by atoms with Gasteiger partial charge in [0, 0.05) is 34.6 Å². The Morgan fingerprint density at radius 3 is 2.85 bits per heavy atom. The molecule has 2 N–H and O–H groups in total. The number of aromatic nitrogens is 2. The Morgan fingerprint density at radius 1 is 1.35 bits per heavy atom. The van der Waals surface area contributed by atoms with Gasteiger partial charge in [0.1, 0.15) is 19.2 Å². The number of thiol groups is 1. The lowest BCUT2D eigenvalue weighted by molar-refractivity contribution is 0.414. The summed E-state index contributed by atoms with van der Waals surface area (Å²) in [5, 5.41) is 0. The number of hydrogen-bond acceptors (Lipinski definition) is 4. The molecule has 2 aromatic heterocycles. The third-order valence-corrected chi connectivity index (χ3v) is 3.45. The minimum absolute atomic E-state index is 0.575. The third-order valence-electron chi connectivity index (χ3n) is 3.10. The standard InChI is InChI=1S/C14H12BN3OS/c1-19-9-5-10(15)14(12(20)6-9)11-7-18-3-2-8(16)4-13(18)17-11/h2-7,20H,16H2,1H3. The van der Waals surface area contributed by atoms with E-state index in [1.807, 2.05) is 28.9 Å². The van der Waals surface area contributed by atoms with Crippen molar-refractivity contribution in [2.24, 2.45) is 0 Å². The summed E-state index contributed by atoms with van der Waals surface area (Å²) in [6, 6.07) is 7.19. The van der Waals surface area contributed by atoms with Crippen molar-refractivity contribution in [2.45, 2.75) is 4.90 Å².